The van der Waals surface area contributed by atoms with E-state index >= 15 is 0 Å². The van der Waals surface area contributed by atoms with Gasteiger partial charge in [0.15, 0.2) is 0 Å². The van der Waals surface area contributed by atoms with E-state index in [0.29, 0.717) is 0 Å². The van der Waals surface area contributed by atoms with Crippen LogP contribution in [0.25, 0.3) is 0 Å². The molecule has 1 N–H and O–H groups in total. The Morgan fingerprint density at radius 1 is 1.00 bits per heavy atom. The highest BCUT2D eigenvalue weighted by Gasteiger charge is 2.15. The van der Waals surface area contributed by atoms with Crippen molar-refractivity contribution in [2.75, 3.05) is 26.2 Å². The zero-order valence-corrected chi connectivity index (χ0v) is 13.7. The molecular formula is C18H20ClN3O. The third kappa shape index (κ3) is 4.47. The number of halogens is 1. The first-order valence-corrected chi connectivity index (χ1v) is 8.12. The Balaban J connectivity index is 1.50. The van der Waals surface area contributed by atoms with Crippen molar-refractivity contribution < 1.29 is 5.11 Å². The third-order valence-electron chi connectivity index (χ3n) is 3.96. The molecule has 1 aliphatic rings. The minimum absolute atomic E-state index is 0.262. The molecule has 2 aromatic carbocycles. The van der Waals surface area contributed by atoms with E-state index in [0.717, 1.165) is 43.3 Å². The number of hydrogen-bond acceptors (Lipinski definition) is 4. The number of phenols is 1. The van der Waals surface area contributed by atoms with Gasteiger partial charge in [-0.05, 0) is 29.8 Å². The summed E-state index contributed by atoms with van der Waals surface area (Å²) in [5.74, 6) is 0.262. The SMILES string of the molecule is Oc1ccccc1C=NN1CCN(Cc2ccc(Cl)cc2)CC1. The highest BCUT2D eigenvalue weighted by atomic mass is 35.5. The number of phenolic OH excluding ortho intramolecular Hbond substituents is 1. The van der Waals surface area contributed by atoms with Crippen molar-refractivity contribution in [2.24, 2.45) is 5.10 Å². The van der Waals surface area contributed by atoms with Crippen LogP contribution in [0.15, 0.2) is 53.6 Å². The molecule has 0 saturated carbocycles. The highest BCUT2D eigenvalue weighted by Crippen LogP contribution is 2.15. The van der Waals surface area contributed by atoms with Crippen molar-refractivity contribution in [3.63, 3.8) is 0 Å². The number of piperazine rings is 1. The maximum atomic E-state index is 9.74. The van der Waals surface area contributed by atoms with E-state index in [1.165, 1.54) is 5.56 Å². The van der Waals surface area contributed by atoms with Crippen LogP contribution in [0.4, 0.5) is 0 Å². The van der Waals surface area contributed by atoms with Gasteiger partial charge in [0.05, 0.1) is 6.21 Å². The molecule has 0 spiro atoms. The number of rotatable bonds is 4. The predicted octanol–water partition coefficient (Wildman–Crippen LogP) is 3.20. The average Bonchev–Trinajstić information content (AvgIpc) is 2.58. The maximum absolute atomic E-state index is 9.74. The van der Waals surface area contributed by atoms with Crippen molar-refractivity contribution in [1.29, 1.82) is 0 Å². The van der Waals surface area contributed by atoms with Crippen LogP contribution in [-0.2, 0) is 6.54 Å². The smallest absolute Gasteiger partial charge is 0.124 e. The first-order valence-electron chi connectivity index (χ1n) is 7.74. The third-order valence-corrected chi connectivity index (χ3v) is 4.22. The van der Waals surface area contributed by atoms with Crippen LogP contribution in [0, 0.1) is 0 Å². The van der Waals surface area contributed by atoms with E-state index in [1.807, 2.05) is 35.3 Å². The minimum Gasteiger partial charge on any atom is -0.507 e. The van der Waals surface area contributed by atoms with Gasteiger partial charge in [0.2, 0.25) is 0 Å². The van der Waals surface area contributed by atoms with Crippen molar-refractivity contribution in [2.45, 2.75) is 6.54 Å². The summed E-state index contributed by atoms with van der Waals surface area (Å²) in [6.07, 6.45) is 1.73. The summed E-state index contributed by atoms with van der Waals surface area (Å²) in [7, 11) is 0. The van der Waals surface area contributed by atoms with Gasteiger partial charge in [-0.1, -0.05) is 35.9 Å². The van der Waals surface area contributed by atoms with Gasteiger partial charge in [0.25, 0.3) is 0 Å². The standard InChI is InChI=1S/C18H20ClN3O/c19-17-7-5-15(6-8-17)14-21-9-11-22(12-10-21)20-13-16-3-1-2-4-18(16)23/h1-8,13,23H,9-12,14H2. The fourth-order valence-electron chi connectivity index (χ4n) is 2.60. The summed E-state index contributed by atoms with van der Waals surface area (Å²) in [5, 5.41) is 17.0. The van der Waals surface area contributed by atoms with Crippen molar-refractivity contribution in [1.82, 2.24) is 9.91 Å². The molecule has 3 rings (SSSR count). The average molecular weight is 330 g/mol. The molecule has 2 aromatic rings. The molecule has 5 heteroatoms. The Morgan fingerprint density at radius 3 is 2.39 bits per heavy atom. The molecule has 1 saturated heterocycles. The summed E-state index contributed by atoms with van der Waals surface area (Å²) in [5.41, 5.74) is 2.02. The highest BCUT2D eigenvalue weighted by molar-refractivity contribution is 6.30. The zero-order chi connectivity index (χ0) is 16.1. The summed E-state index contributed by atoms with van der Waals surface area (Å²) in [6, 6.07) is 15.2. The van der Waals surface area contributed by atoms with Crippen LogP contribution in [-0.4, -0.2) is 47.4 Å². The monoisotopic (exact) mass is 329 g/mol. The molecule has 1 fully saturated rings. The zero-order valence-electron chi connectivity index (χ0n) is 12.9. The van der Waals surface area contributed by atoms with E-state index in [1.54, 1.807) is 12.3 Å². The van der Waals surface area contributed by atoms with E-state index in [4.69, 9.17) is 11.6 Å². The Kier molecular flexibility index (Phi) is 5.16. The second-order valence-electron chi connectivity index (χ2n) is 5.66. The molecule has 120 valence electrons. The van der Waals surface area contributed by atoms with Crippen LogP contribution >= 0.6 is 11.6 Å². The lowest BCUT2D eigenvalue weighted by atomic mass is 10.2. The molecule has 0 atom stereocenters. The molecule has 4 nitrogen and oxygen atoms in total. The number of nitrogens with zero attached hydrogens (tertiary/aromatic N) is 3. The molecule has 0 radical (unpaired) electrons. The molecule has 23 heavy (non-hydrogen) atoms. The predicted molar refractivity (Wildman–Crippen MR) is 94.0 cm³/mol. The van der Waals surface area contributed by atoms with Crippen LogP contribution in [0.2, 0.25) is 5.02 Å². The summed E-state index contributed by atoms with van der Waals surface area (Å²) >= 11 is 5.92. The van der Waals surface area contributed by atoms with E-state index in [9.17, 15) is 5.11 Å². The topological polar surface area (TPSA) is 39.1 Å². The molecule has 0 aliphatic carbocycles. The minimum atomic E-state index is 0.262. The Bertz CT molecular complexity index is 664. The molecule has 0 bridgehead atoms. The van der Waals surface area contributed by atoms with Gasteiger partial charge in [0, 0.05) is 43.3 Å². The molecular weight excluding hydrogens is 310 g/mol. The van der Waals surface area contributed by atoms with Crippen LogP contribution in [0.1, 0.15) is 11.1 Å². The Morgan fingerprint density at radius 2 is 1.70 bits per heavy atom. The molecule has 1 heterocycles. The summed E-state index contributed by atoms with van der Waals surface area (Å²) < 4.78 is 0. The largest absolute Gasteiger partial charge is 0.507 e. The van der Waals surface area contributed by atoms with Crippen LogP contribution in [0.5, 0.6) is 5.75 Å². The first-order chi connectivity index (χ1) is 11.2. The van der Waals surface area contributed by atoms with Gasteiger partial charge < -0.3 is 5.11 Å². The molecule has 0 aromatic heterocycles. The second kappa shape index (κ2) is 7.49. The van der Waals surface area contributed by atoms with Crippen molar-refractivity contribution >= 4 is 17.8 Å². The molecule has 0 amide bonds. The van der Waals surface area contributed by atoms with Crippen LogP contribution in [0.3, 0.4) is 0 Å². The van der Waals surface area contributed by atoms with E-state index in [2.05, 4.69) is 22.1 Å². The fourth-order valence-corrected chi connectivity index (χ4v) is 2.73. The fraction of sp³-hybridized carbons (Fsp3) is 0.278. The van der Waals surface area contributed by atoms with Gasteiger partial charge in [-0.15, -0.1) is 0 Å². The molecule has 1 aliphatic heterocycles. The number of hydrazone groups is 1. The number of aromatic hydroxyl groups is 1. The molecule has 0 unspecified atom stereocenters. The first kappa shape index (κ1) is 15.8. The number of benzene rings is 2. The van der Waals surface area contributed by atoms with Gasteiger partial charge in [-0.2, -0.15) is 5.10 Å². The summed E-state index contributed by atoms with van der Waals surface area (Å²) in [6.45, 7) is 4.66. The van der Waals surface area contributed by atoms with Crippen molar-refractivity contribution in [3.8, 4) is 5.75 Å². The lowest BCUT2D eigenvalue weighted by Gasteiger charge is -2.33. The van der Waals surface area contributed by atoms with E-state index < -0.39 is 0 Å². The van der Waals surface area contributed by atoms with Gasteiger partial charge in [-0.3, -0.25) is 9.91 Å². The lowest BCUT2D eigenvalue weighted by Crippen LogP contribution is -2.43. The normalized spacial score (nSPS) is 16.1. The van der Waals surface area contributed by atoms with Gasteiger partial charge in [0.1, 0.15) is 5.75 Å². The Labute approximate surface area is 141 Å². The van der Waals surface area contributed by atoms with E-state index in [-0.39, 0.29) is 5.75 Å². The lowest BCUT2D eigenvalue weighted by molar-refractivity contribution is 0.131. The van der Waals surface area contributed by atoms with Gasteiger partial charge >= 0.3 is 0 Å². The number of para-hydroxylation sites is 1. The maximum Gasteiger partial charge on any atom is 0.124 e. The van der Waals surface area contributed by atoms with Gasteiger partial charge in [-0.25, -0.2) is 0 Å². The second-order valence-corrected chi connectivity index (χ2v) is 6.10. The summed E-state index contributed by atoms with van der Waals surface area (Å²) in [4.78, 5) is 2.41. The van der Waals surface area contributed by atoms with Crippen LogP contribution < -0.4 is 0 Å². The quantitative estimate of drug-likeness (QED) is 0.876. The Hall–Kier alpha value is -2.04. The van der Waals surface area contributed by atoms with Crippen molar-refractivity contribution in [3.05, 3.63) is 64.7 Å². The number of hydrogen-bond donors (Lipinski definition) is 1.